The van der Waals surface area contributed by atoms with E-state index < -0.39 is 11.7 Å². The van der Waals surface area contributed by atoms with E-state index in [1.54, 1.807) is 4.90 Å². The first-order valence-corrected chi connectivity index (χ1v) is 12.5. The highest BCUT2D eigenvalue weighted by Crippen LogP contribution is 2.22. The van der Waals surface area contributed by atoms with E-state index in [-0.39, 0.29) is 27.7 Å². The lowest BCUT2D eigenvalue weighted by Crippen LogP contribution is -2.43. The van der Waals surface area contributed by atoms with Crippen LogP contribution in [0, 0.1) is 11.7 Å². The molecule has 1 aromatic carbocycles. The molecular formula is C24H28FN5O3S. The van der Waals surface area contributed by atoms with Gasteiger partial charge in [-0.1, -0.05) is 23.0 Å². The van der Waals surface area contributed by atoms with E-state index in [4.69, 9.17) is 0 Å². The van der Waals surface area contributed by atoms with E-state index in [0.717, 1.165) is 30.6 Å². The molecule has 2 aromatic rings. The number of benzene rings is 1. The molecule has 1 aliphatic carbocycles. The lowest BCUT2D eigenvalue weighted by atomic mass is 9.95. The minimum Gasteiger partial charge on any atom is -0.356 e. The van der Waals surface area contributed by atoms with Gasteiger partial charge in [0.1, 0.15) is 5.82 Å². The number of anilines is 1. The SMILES string of the molecule is O=C(Nc1ccc(F)cc1)c1nnc(C(=O)N2CCC(C(=O)NCCC3=CCCCC3)CC2)s1. The molecule has 8 nitrogen and oxygen atoms in total. The van der Waals surface area contributed by atoms with Gasteiger partial charge in [-0.3, -0.25) is 14.4 Å². The molecule has 1 aromatic heterocycles. The zero-order chi connectivity index (χ0) is 23.9. The third-order valence-electron chi connectivity index (χ3n) is 6.19. The lowest BCUT2D eigenvalue weighted by molar-refractivity contribution is -0.126. The van der Waals surface area contributed by atoms with Crippen molar-refractivity contribution in [1.29, 1.82) is 0 Å². The number of hydrogen-bond donors (Lipinski definition) is 2. The van der Waals surface area contributed by atoms with Crippen molar-refractivity contribution in [1.82, 2.24) is 20.4 Å². The summed E-state index contributed by atoms with van der Waals surface area (Å²) in [7, 11) is 0. The number of rotatable bonds is 7. The quantitative estimate of drug-likeness (QED) is 0.581. The van der Waals surface area contributed by atoms with Gasteiger partial charge in [0.2, 0.25) is 15.9 Å². The number of carbonyl (C=O) groups is 3. The molecule has 34 heavy (non-hydrogen) atoms. The van der Waals surface area contributed by atoms with Crippen LogP contribution in [0.15, 0.2) is 35.9 Å². The Morgan fingerprint density at radius 2 is 1.79 bits per heavy atom. The highest BCUT2D eigenvalue weighted by molar-refractivity contribution is 7.15. The van der Waals surface area contributed by atoms with E-state index >= 15 is 0 Å². The maximum atomic E-state index is 13.0. The number of nitrogens with one attached hydrogen (secondary N) is 2. The van der Waals surface area contributed by atoms with Gasteiger partial charge < -0.3 is 15.5 Å². The van der Waals surface area contributed by atoms with Crippen molar-refractivity contribution in [2.75, 3.05) is 25.0 Å². The van der Waals surface area contributed by atoms with Crippen LogP contribution in [-0.4, -0.2) is 52.5 Å². The molecule has 0 unspecified atom stereocenters. The molecule has 1 saturated heterocycles. The molecule has 1 fully saturated rings. The van der Waals surface area contributed by atoms with Crippen molar-refractivity contribution < 1.29 is 18.8 Å². The number of hydrogen-bond acceptors (Lipinski definition) is 6. The van der Waals surface area contributed by atoms with Crippen molar-refractivity contribution >= 4 is 34.7 Å². The van der Waals surface area contributed by atoms with Crippen LogP contribution in [-0.2, 0) is 4.79 Å². The standard InChI is InChI=1S/C24H28FN5O3S/c25-18-6-8-19(9-7-18)27-21(32)22-28-29-23(34-22)24(33)30-14-11-17(12-15-30)20(31)26-13-10-16-4-2-1-3-5-16/h4,6-9,17H,1-3,5,10-15H2,(H,26,31)(H,27,32). The van der Waals surface area contributed by atoms with Gasteiger partial charge in [-0.05, 0) is 69.2 Å². The van der Waals surface area contributed by atoms with Gasteiger partial charge in [0.05, 0.1) is 0 Å². The topological polar surface area (TPSA) is 104 Å². The molecule has 10 heteroatoms. The Morgan fingerprint density at radius 1 is 1.06 bits per heavy atom. The van der Waals surface area contributed by atoms with Gasteiger partial charge in [0.15, 0.2) is 0 Å². The maximum Gasteiger partial charge on any atom is 0.286 e. The zero-order valence-electron chi connectivity index (χ0n) is 18.9. The normalized spacial score (nSPS) is 16.6. The number of carbonyl (C=O) groups excluding carboxylic acids is 3. The summed E-state index contributed by atoms with van der Waals surface area (Å²) < 4.78 is 13.0. The van der Waals surface area contributed by atoms with Crippen LogP contribution in [0.3, 0.4) is 0 Å². The Morgan fingerprint density at radius 3 is 2.50 bits per heavy atom. The van der Waals surface area contributed by atoms with Gasteiger partial charge in [-0.25, -0.2) is 4.39 Å². The number of likely N-dealkylation sites (tertiary alicyclic amines) is 1. The highest BCUT2D eigenvalue weighted by atomic mass is 32.1. The van der Waals surface area contributed by atoms with Crippen molar-refractivity contribution in [2.45, 2.75) is 44.9 Å². The average molecular weight is 486 g/mol. The molecule has 0 spiro atoms. The predicted molar refractivity (Wildman–Crippen MR) is 127 cm³/mol. The molecule has 3 amide bonds. The molecular weight excluding hydrogens is 457 g/mol. The number of piperidine rings is 1. The first-order valence-electron chi connectivity index (χ1n) is 11.6. The fourth-order valence-electron chi connectivity index (χ4n) is 4.22. The second kappa shape index (κ2) is 11.3. The molecule has 0 saturated carbocycles. The third-order valence-corrected chi connectivity index (χ3v) is 7.10. The van der Waals surface area contributed by atoms with Gasteiger partial charge in [0.25, 0.3) is 11.8 Å². The molecule has 1 aliphatic heterocycles. The summed E-state index contributed by atoms with van der Waals surface area (Å²) in [6.45, 7) is 1.58. The summed E-state index contributed by atoms with van der Waals surface area (Å²) in [4.78, 5) is 39.3. The van der Waals surface area contributed by atoms with Crippen LogP contribution in [0.4, 0.5) is 10.1 Å². The fourth-order valence-corrected chi connectivity index (χ4v) is 4.93. The summed E-state index contributed by atoms with van der Waals surface area (Å²) in [6.07, 6.45) is 9.18. The number of halogens is 1. The second-order valence-corrected chi connectivity index (χ2v) is 9.57. The maximum absolute atomic E-state index is 13.0. The molecule has 2 aliphatic rings. The van der Waals surface area contributed by atoms with Gasteiger partial charge >= 0.3 is 0 Å². The van der Waals surface area contributed by atoms with Crippen LogP contribution >= 0.6 is 11.3 Å². The van der Waals surface area contributed by atoms with Gasteiger partial charge in [-0.15, -0.1) is 10.2 Å². The Labute approximate surface area is 201 Å². The van der Waals surface area contributed by atoms with Gasteiger partial charge in [0, 0.05) is 31.2 Å². The lowest BCUT2D eigenvalue weighted by Gasteiger charge is -2.30. The van der Waals surface area contributed by atoms with Gasteiger partial charge in [-0.2, -0.15) is 0 Å². The van der Waals surface area contributed by atoms with Crippen LogP contribution in [0.25, 0.3) is 0 Å². The van der Waals surface area contributed by atoms with Crippen molar-refractivity contribution in [3.05, 3.63) is 51.7 Å². The fraction of sp³-hybridized carbons (Fsp3) is 0.458. The largest absolute Gasteiger partial charge is 0.356 e. The first-order chi connectivity index (χ1) is 16.5. The Kier molecular flexibility index (Phi) is 7.99. The van der Waals surface area contributed by atoms with Crippen LogP contribution in [0.1, 0.15) is 64.6 Å². The second-order valence-electron chi connectivity index (χ2n) is 8.59. The highest BCUT2D eigenvalue weighted by Gasteiger charge is 2.29. The smallest absolute Gasteiger partial charge is 0.286 e. The molecule has 0 atom stereocenters. The van der Waals surface area contributed by atoms with Crippen molar-refractivity contribution in [2.24, 2.45) is 5.92 Å². The van der Waals surface area contributed by atoms with Crippen molar-refractivity contribution in [3.63, 3.8) is 0 Å². The monoisotopic (exact) mass is 485 g/mol. The van der Waals surface area contributed by atoms with Crippen LogP contribution in [0.5, 0.6) is 0 Å². The van der Waals surface area contributed by atoms with E-state index in [2.05, 4.69) is 26.9 Å². The minimum absolute atomic E-state index is 0.0509. The minimum atomic E-state index is -0.512. The van der Waals surface area contributed by atoms with Crippen LogP contribution < -0.4 is 10.6 Å². The zero-order valence-corrected chi connectivity index (χ0v) is 19.7. The Balaban J connectivity index is 1.23. The molecule has 2 N–H and O–H groups in total. The van der Waals surface area contributed by atoms with E-state index in [0.29, 0.717) is 38.2 Å². The molecule has 0 bridgehead atoms. The van der Waals surface area contributed by atoms with Crippen molar-refractivity contribution in [3.8, 4) is 0 Å². The Bertz CT molecular complexity index is 1060. The number of nitrogens with zero attached hydrogens (tertiary/aromatic N) is 3. The molecule has 4 rings (SSSR count). The summed E-state index contributed by atoms with van der Waals surface area (Å²) in [6, 6.07) is 5.35. The summed E-state index contributed by atoms with van der Waals surface area (Å²) in [5, 5.41) is 13.5. The number of aromatic nitrogens is 2. The molecule has 180 valence electrons. The van der Waals surface area contributed by atoms with E-state index in [9.17, 15) is 18.8 Å². The van der Waals surface area contributed by atoms with E-state index in [1.165, 1.54) is 42.7 Å². The summed E-state index contributed by atoms with van der Waals surface area (Å²) in [5.41, 5.74) is 1.86. The van der Waals surface area contributed by atoms with Crippen LogP contribution in [0.2, 0.25) is 0 Å². The first kappa shape index (κ1) is 24.0. The van der Waals surface area contributed by atoms with E-state index in [1.807, 2.05) is 0 Å². The third kappa shape index (κ3) is 6.25. The number of allylic oxidation sites excluding steroid dienone is 1. The molecule has 0 radical (unpaired) electrons. The number of amides is 3. The Hall–Kier alpha value is -3.14. The average Bonchev–Trinajstić information content (AvgIpc) is 3.36. The predicted octanol–water partition coefficient (Wildman–Crippen LogP) is 3.79. The summed E-state index contributed by atoms with van der Waals surface area (Å²) in [5.74, 6) is -1.25. The summed E-state index contributed by atoms with van der Waals surface area (Å²) >= 11 is 0.913. The molecule has 2 heterocycles.